The van der Waals surface area contributed by atoms with Gasteiger partial charge in [-0.3, -0.25) is 0 Å². The quantitative estimate of drug-likeness (QED) is 0.693. The number of thiazole rings is 1. The number of rotatable bonds is 1. The van der Waals surface area contributed by atoms with E-state index < -0.39 is 5.97 Å². The van der Waals surface area contributed by atoms with Crippen LogP contribution in [0.4, 0.5) is 0 Å². The van der Waals surface area contributed by atoms with Gasteiger partial charge in [0, 0.05) is 0 Å². The molecule has 0 aromatic carbocycles. The van der Waals surface area contributed by atoms with Gasteiger partial charge < -0.3 is 5.11 Å². The number of carboxylic acid groups (broad SMARTS) is 1. The zero-order valence-electron chi connectivity index (χ0n) is 5.39. The molecule has 0 saturated heterocycles. The Labute approximate surface area is 65.7 Å². The normalized spacial score (nSPS) is 10.5. The van der Waals surface area contributed by atoms with Gasteiger partial charge in [-0.25, -0.2) is 9.31 Å². The highest BCUT2D eigenvalue weighted by atomic mass is 32.1. The molecule has 0 aliphatic carbocycles. The summed E-state index contributed by atoms with van der Waals surface area (Å²) in [5, 5.41) is 12.5. The summed E-state index contributed by atoms with van der Waals surface area (Å²) < 4.78 is 1.55. The van der Waals surface area contributed by atoms with Crippen LogP contribution in [0.15, 0.2) is 18.5 Å². The van der Waals surface area contributed by atoms with E-state index in [1.54, 1.807) is 16.8 Å². The fraction of sp³-hybridized carbons (Fsp3) is 0. The predicted molar refractivity (Wildman–Crippen MR) is 40.0 cm³/mol. The first kappa shape index (κ1) is 6.36. The van der Waals surface area contributed by atoms with Crippen molar-refractivity contribution in [2.24, 2.45) is 0 Å². The standard InChI is InChI=1S/C6H4N2O2S/c9-6(10)4-3-8-5(11-4)1-2-7-8/h1-3H,(H,9,10). The lowest BCUT2D eigenvalue weighted by atomic mass is 10.6. The lowest BCUT2D eigenvalue weighted by molar-refractivity contribution is 0.0701. The maximum atomic E-state index is 10.4. The number of hydrogen-bond acceptors (Lipinski definition) is 3. The Morgan fingerprint density at radius 3 is 3.18 bits per heavy atom. The van der Waals surface area contributed by atoms with Gasteiger partial charge in [0.2, 0.25) is 0 Å². The molecular weight excluding hydrogens is 164 g/mol. The maximum absolute atomic E-state index is 10.4. The Hall–Kier alpha value is -1.36. The molecule has 0 unspecified atom stereocenters. The molecule has 2 heterocycles. The molecule has 2 rings (SSSR count). The van der Waals surface area contributed by atoms with Crippen molar-refractivity contribution in [3.8, 4) is 0 Å². The molecule has 11 heavy (non-hydrogen) atoms. The topological polar surface area (TPSA) is 54.6 Å². The van der Waals surface area contributed by atoms with Crippen molar-refractivity contribution in [3.05, 3.63) is 23.3 Å². The average molecular weight is 168 g/mol. The van der Waals surface area contributed by atoms with Crippen molar-refractivity contribution in [3.63, 3.8) is 0 Å². The predicted octanol–water partition coefficient (Wildman–Crippen LogP) is 1.09. The number of aromatic nitrogens is 2. The number of carboxylic acids is 1. The summed E-state index contributed by atoms with van der Waals surface area (Å²) in [6, 6.07) is 1.77. The fourth-order valence-electron chi connectivity index (χ4n) is 0.829. The Balaban J connectivity index is 2.67. The third-order valence-corrected chi connectivity index (χ3v) is 2.33. The third-order valence-electron chi connectivity index (χ3n) is 1.30. The highest BCUT2D eigenvalue weighted by molar-refractivity contribution is 7.19. The summed E-state index contributed by atoms with van der Waals surface area (Å²) in [5.41, 5.74) is 0. The van der Waals surface area contributed by atoms with Gasteiger partial charge in [-0.1, -0.05) is 0 Å². The molecule has 0 bridgehead atoms. The molecule has 0 radical (unpaired) electrons. The summed E-state index contributed by atoms with van der Waals surface area (Å²) in [6.45, 7) is 0. The van der Waals surface area contributed by atoms with Crippen LogP contribution < -0.4 is 0 Å². The smallest absolute Gasteiger partial charge is 0.347 e. The first-order valence-electron chi connectivity index (χ1n) is 2.94. The van der Waals surface area contributed by atoms with Crippen molar-refractivity contribution in [2.75, 3.05) is 0 Å². The van der Waals surface area contributed by atoms with E-state index in [4.69, 9.17) is 5.11 Å². The van der Waals surface area contributed by atoms with Gasteiger partial charge in [0.05, 0.1) is 12.4 Å². The number of nitrogens with zero attached hydrogens (tertiary/aromatic N) is 2. The SMILES string of the molecule is O=C(O)c1cn2nccc2s1. The minimum Gasteiger partial charge on any atom is -0.477 e. The van der Waals surface area contributed by atoms with Crippen LogP contribution in [0.5, 0.6) is 0 Å². The molecule has 0 aliphatic heterocycles. The lowest BCUT2D eigenvalue weighted by Crippen LogP contribution is -1.91. The monoisotopic (exact) mass is 168 g/mol. The van der Waals surface area contributed by atoms with E-state index in [0.29, 0.717) is 4.88 Å². The van der Waals surface area contributed by atoms with Gasteiger partial charge in [0.15, 0.2) is 0 Å². The van der Waals surface area contributed by atoms with E-state index in [2.05, 4.69) is 5.10 Å². The van der Waals surface area contributed by atoms with Gasteiger partial charge >= 0.3 is 5.97 Å². The Morgan fingerprint density at radius 1 is 1.73 bits per heavy atom. The highest BCUT2D eigenvalue weighted by Crippen LogP contribution is 2.16. The fourth-order valence-corrected chi connectivity index (χ4v) is 1.62. The molecule has 0 saturated carbocycles. The summed E-state index contributed by atoms with van der Waals surface area (Å²) in [5.74, 6) is -0.902. The van der Waals surface area contributed by atoms with E-state index in [1.807, 2.05) is 0 Å². The minimum absolute atomic E-state index is 0.313. The molecule has 0 fully saturated rings. The summed E-state index contributed by atoms with van der Waals surface area (Å²) in [4.78, 5) is 11.6. The molecule has 1 N–H and O–H groups in total. The highest BCUT2D eigenvalue weighted by Gasteiger charge is 2.07. The zero-order valence-corrected chi connectivity index (χ0v) is 6.21. The molecular formula is C6H4N2O2S. The van der Waals surface area contributed by atoms with Crippen LogP contribution >= 0.6 is 11.3 Å². The lowest BCUT2D eigenvalue weighted by Gasteiger charge is -1.79. The minimum atomic E-state index is -0.902. The van der Waals surface area contributed by atoms with Gasteiger partial charge in [-0.15, -0.1) is 11.3 Å². The van der Waals surface area contributed by atoms with E-state index >= 15 is 0 Å². The van der Waals surface area contributed by atoms with Gasteiger partial charge in [-0.2, -0.15) is 5.10 Å². The molecule has 4 nitrogen and oxygen atoms in total. The molecule has 2 aromatic heterocycles. The van der Waals surface area contributed by atoms with Gasteiger partial charge in [0.25, 0.3) is 0 Å². The first-order chi connectivity index (χ1) is 5.27. The van der Waals surface area contributed by atoms with Crippen LogP contribution in [-0.2, 0) is 0 Å². The molecule has 0 atom stereocenters. The number of carbonyl (C=O) groups is 1. The summed E-state index contributed by atoms with van der Waals surface area (Å²) >= 11 is 1.21. The second kappa shape index (κ2) is 2.06. The van der Waals surface area contributed by atoms with E-state index in [0.717, 1.165) is 4.83 Å². The maximum Gasteiger partial charge on any atom is 0.347 e. The van der Waals surface area contributed by atoms with Crippen LogP contribution in [0.25, 0.3) is 4.83 Å². The zero-order chi connectivity index (χ0) is 7.84. The molecule has 0 amide bonds. The van der Waals surface area contributed by atoms with Crippen LogP contribution in [0.2, 0.25) is 0 Å². The van der Waals surface area contributed by atoms with Crippen molar-refractivity contribution in [1.29, 1.82) is 0 Å². The molecule has 2 aromatic rings. The van der Waals surface area contributed by atoms with Crippen LogP contribution in [0.1, 0.15) is 9.67 Å². The molecule has 0 spiro atoms. The van der Waals surface area contributed by atoms with Crippen molar-refractivity contribution in [2.45, 2.75) is 0 Å². The largest absolute Gasteiger partial charge is 0.477 e. The van der Waals surface area contributed by atoms with Crippen LogP contribution in [0, 0.1) is 0 Å². The summed E-state index contributed by atoms with van der Waals surface area (Å²) in [6.07, 6.45) is 3.14. The molecule has 56 valence electrons. The van der Waals surface area contributed by atoms with Crippen LogP contribution in [0.3, 0.4) is 0 Å². The molecule has 0 aliphatic rings. The second-order valence-electron chi connectivity index (χ2n) is 2.01. The van der Waals surface area contributed by atoms with E-state index in [1.165, 1.54) is 17.5 Å². The van der Waals surface area contributed by atoms with Crippen molar-refractivity contribution < 1.29 is 9.90 Å². The summed E-state index contributed by atoms with van der Waals surface area (Å²) in [7, 11) is 0. The third kappa shape index (κ3) is 0.894. The van der Waals surface area contributed by atoms with Gasteiger partial charge in [-0.05, 0) is 6.07 Å². The Kier molecular flexibility index (Phi) is 1.19. The second-order valence-corrected chi connectivity index (χ2v) is 3.08. The van der Waals surface area contributed by atoms with Crippen LogP contribution in [-0.4, -0.2) is 20.7 Å². The van der Waals surface area contributed by atoms with E-state index in [-0.39, 0.29) is 0 Å². The Bertz CT molecular complexity index is 375. The number of hydrogen-bond donors (Lipinski definition) is 1. The van der Waals surface area contributed by atoms with Crippen molar-refractivity contribution in [1.82, 2.24) is 9.61 Å². The number of aromatic carboxylic acids is 1. The average Bonchev–Trinajstić information content (AvgIpc) is 2.40. The van der Waals surface area contributed by atoms with Crippen molar-refractivity contribution >= 4 is 22.1 Å². The molecule has 5 heteroatoms. The van der Waals surface area contributed by atoms with Gasteiger partial charge in [0.1, 0.15) is 9.71 Å². The van der Waals surface area contributed by atoms with E-state index in [9.17, 15) is 4.79 Å². The number of fused-ring (bicyclic) bond motifs is 1. The first-order valence-corrected chi connectivity index (χ1v) is 3.75. The Morgan fingerprint density at radius 2 is 2.55 bits per heavy atom.